The Kier molecular flexibility index (Phi) is 4.70. The van der Waals surface area contributed by atoms with E-state index >= 15 is 0 Å². The molecule has 0 atom stereocenters. The Morgan fingerprint density at radius 3 is 2.62 bits per heavy atom. The summed E-state index contributed by atoms with van der Waals surface area (Å²) in [6.45, 7) is 0.516. The third kappa shape index (κ3) is 3.79. The molecule has 0 aromatic heterocycles. The SMILES string of the molecule is CN(CC1CC(O)C1)C(=O)CNC(=O)CN. The van der Waals surface area contributed by atoms with Crippen LogP contribution in [0, 0.1) is 5.92 Å². The fourth-order valence-electron chi connectivity index (χ4n) is 1.72. The van der Waals surface area contributed by atoms with Gasteiger partial charge in [0.15, 0.2) is 0 Å². The quantitative estimate of drug-likeness (QED) is 0.523. The maximum atomic E-state index is 11.5. The van der Waals surface area contributed by atoms with E-state index in [1.165, 1.54) is 0 Å². The number of carbonyl (C=O) groups excluding carboxylic acids is 2. The largest absolute Gasteiger partial charge is 0.393 e. The van der Waals surface area contributed by atoms with Crippen molar-refractivity contribution in [1.82, 2.24) is 10.2 Å². The number of nitrogens with two attached hydrogens (primary N) is 1. The standard InChI is InChI=1S/C10H19N3O3/c1-13(6-7-2-8(14)3-7)10(16)5-12-9(15)4-11/h7-8,14H,2-6,11H2,1H3,(H,12,15). The fourth-order valence-corrected chi connectivity index (χ4v) is 1.72. The molecule has 92 valence electrons. The minimum absolute atomic E-state index is 0.0121. The van der Waals surface area contributed by atoms with E-state index in [0.29, 0.717) is 12.5 Å². The summed E-state index contributed by atoms with van der Waals surface area (Å²) in [5.74, 6) is -0.0850. The van der Waals surface area contributed by atoms with Crippen molar-refractivity contribution in [1.29, 1.82) is 0 Å². The summed E-state index contributed by atoms with van der Waals surface area (Å²) >= 11 is 0. The third-order valence-corrected chi connectivity index (χ3v) is 2.79. The minimum atomic E-state index is -0.333. The van der Waals surface area contributed by atoms with Crippen LogP contribution in [0.15, 0.2) is 0 Å². The molecular formula is C10H19N3O3. The molecule has 0 heterocycles. The molecule has 4 N–H and O–H groups in total. The van der Waals surface area contributed by atoms with Crippen LogP contribution in [0.25, 0.3) is 0 Å². The lowest BCUT2D eigenvalue weighted by Crippen LogP contribution is -2.44. The van der Waals surface area contributed by atoms with Gasteiger partial charge < -0.3 is 21.1 Å². The van der Waals surface area contributed by atoms with E-state index in [4.69, 9.17) is 10.8 Å². The van der Waals surface area contributed by atoms with Crippen molar-refractivity contribution in [2.75, 3.05) is 26.7 Å². The molecule has 16 heavy (non-hydrogen) atoms. The monoisotopic (exact) mass is 229 g/mol. The molecule has 0 aliphatic heterocycles. The van der Waals surface area contributed by atoms with Crippen LogP contribution in [0.1, 0.15) is 12.8 Å². The number of hydrogen-bond donors (Lipinski definition) is 3. The first-order valence-corrected chi connectivity index (χ1v) is 5.41. The Hall–Kier alpha value is -1.14. The van der Waals surface area contributed by atoms with E-state index in [-0.39, 0.29) is 31.0 Å². The van der Waals surface area contributed by atoms with Crippen LogP contribution in [-0.4, -0.2) is 54.6 Å². The van der Waals surface area contributed by atoms with Crippen molar-refractivity contribution in [2.45, 2.75) is 18.9 Å². The first kappa shape index (κ1) is 12.9. The molecule has 2 amide bonds. The van der Waals surface area contributed by atoms with Gasteiger partial charge in [0.05, 0.1) is 19.2 Å². The predicted molar refractivity (Wildman–Crippen MR) is 58.4 cm³/mol. The highest BCUT2D eigenvalue weighted by Crippen LogP contribution is 2.27. The fraction of sp³-hybridized carbons (Fsp3) is 0.800. The lowest BCUT2D eigenvalue weighted by atomic mass is 9.82. The van der Waals surface area contributed by atoms with E-state index < -0.39 is 0 Å². The van der Waals surface area contributed by atoms with Crippen LogP contribution in [0.3, 0.4) is 0 Å². The molecule has 0 saturated heterocycles. The minimum Gasteiger partial charge on any atom is -0.393 e. The van der Waals surface area contributed by atoms with Gasteiger partial charge in [-0.1, -0.05) is 0 Å². The first-order chi connectivity index (χ1) is 7.52. The molecule has 0 spiro atoms. The lowest BCUT2D eigenvalue weighted by Gasteiger charge is -2.34. The van der Waals surface area contributed by atoms with Crippen LogP contribution >= 0.6 is 0 Å². The van der Waals surface area contributed by atoms with Gasteiger partial charge in [-0.15, -0.1) is 0 Å². The van der Waals surface area contributed by atoms with Crippen molar-refractivity contribution in [3.8, 4) is 0 Å². The van der Waals surface area contributed by atoms with Crippen LogP contribution in [0.4, 0.5) is 0 Å². The Labute approximate surface area is 94.8 Å². The molecular weight excluding hydrogens is 210 g/mol. The van der Waals surface area contributed by atoms with E-state index in [9.17, 15) is 9.59 Å². The zero-order valence-corrected chi connectivity index (χ0v) is 9.48. The summed E-state index contributed by atoms with van der Waals surface area (Å²) in [7, 11) is 1.70. The average molecular weight is 229 g/mol. The molecule has 1 rings (SSSR count). The maximum absolute atomic E-state index is 11.5. The van der Waals surface area contributed by atoms with Crippen LogP contribution in [0.5, 0.6) is 0 Å². The molecule has 0 bridgehead atoms. The summed E-state index contributed by atoms with van der Waals surface area (Å²) < 4.78 is 0. The second-order valence-corrected chi connectivity index (χ2v) is 4.25. The van der Waals surface area contributed by atoms with Gasteiger partial charge in [0.25, 0.3) is 0 Å². The molecule has 6 nitrogen and oxygen atoms in total. The molecule has 0 radical (unpaired) electrons. The van der Waals surface area contributed by atoms with Crippen molar-refractivity contribution in [2.24, 2.45) is 11.7 Å². The van der Waals surface area contributed by atoms with Crippen LogP contribution < -0.4 is 11.1 Å². The average Bonchev–Trinajstić information content (AvgIpc) is 2.22. The number of aliphatic hydroxyl groups excluding tert-OH is 1. The van der Waals surface area contributed by atoms with Crippen molar-refractivity contribution < 1.29 is 14.7 Å². The number of amides is 2. The van der Waals surface area contributed by atoms with Gasteiger partial charge >= 0.3 is 0 Å². The van der Waals surface area contributed by atoms with Crippen LogP contribution in [0.2, 0.25) is 0 Å². The number of rotatable bonds is 5. The Bertz CT molecular complexity index is 264. The number of aliphatic hydroxyl groups is 1. The summed E-state index contributed by atoms with van der Waals surface area (Å²) in [5.41, 5.74) is 5.10. The first-order valence-electron chi connectivity index (χ1n) is 5.41. The van der Waals surface area contributed by atoms with Gasteiger partial charge in [0, 0.05) is 13.6 Å². The van der Waals surface area contributed by atoms with Gasteiger partial charge in [-0.05, 0) is 18.8 Å². The summed E-state index contributed by atoms with van der Waals surface area (Å²) in [4.78, 5) is 23.9. The number of hydrogen-bond acceptors (Lipinski definition) is 4. The lowest BCUT2D eigenvalue weighted by molar-refractivity contribution is -0.132. The molecule has 1 saturated carbocycles. The Balaban J connectivity index is 2.17. The number of nitrogens with zero attached hydrogens (tertiary/aromatic N) is 1. The van der Waals surface area contributed by atoms with E-state index in [1.807, 2.05) is 0 Å². The van der Waals surface area contributed by atoms with Crippen molar-refractivity contribution >= 4 is 11.8 Å². The predicted octanol–water partition coefficient (Wildman–Crippen LogP) is -1.71. The molecule has 1 aliphatic rings. The van der Waals surface area contributed by atoms with Crippen LogP contribution in [-0.2, 0) is 9.59 Å². The topological polar surface area (TPSA) is 95.7 Å². The normalized spacial score (nSPS) is 23.4. The third-order valence-electron chi connectivity index (χ3n) is 2.79. The zero-order valence-electron chi connectivity index (χ0n) is 9.48. The highest BCUT2D eigenvalue weighted by atomic mass is 16.3. The van der Waals surface area contributed by atoms with Crippen molar-refractivity contribution in [3.63, 3.8) is 0 Å². The van der Waals surface area contributed by atoms with E-state index in [0.717, 1.165) is 12.8 Å². The highest BCUT2D eigenvalue weighted by molar-refractivity contribution is 5.85. The van der Waals surface area contributed by atoms with Gasteiger partial charge in [0.1, 0.15) is 0 Å². The van der Waals surface area contributed by atoms with E-state index in [1.54, 1.807) is 11.9 Å². The van der Waals surface area contributed by atoms with Crippen molar-refractivity contribution in [3.05, 3.63) is 0 Å². The molecule has 0 aromatic rings. The second-order valence-electron chi connectivity index (χ2n) is 4.25. The highest BCUT2D eigenvalue weighted by Gasteiger charge is 2.28. The Morgan fingerprint density at radius 1 is 1.50 bits per heavy atom. The zero-order chi connectivity index (χ0) is 12.1. The Morgan fingerprint density at radius 2 is 2.12 bits per heavy atom. The maximum Gasteiger partial charge on any atom is 0.241 e. The molecule has 0 aromatic carbocycles. The summed E-state index contributed by atoms with van der Waals surface area (Å²) in [5, 5.41) is 11.5. The second kappa shape index (κ2) is 5.81. The van der Waals surface area contributed by atoms with E-state index in [2.05, 4.69) is 5.32 Å². The van der Waals surface area contributed by atoms with Gasteiger partial charge in [0.2, 0.25) is 11.8 Å². The van der Waals surface area contributed by atoms with Gasteiger partial charge in [-0.25, -0.2) is 0 Å². The number of nitrogens with one attached hydrogen (secondary N) is 1. The molecule has 0 unspecified atom stereocenters. The molecule has 6 heteroatoms. The number of likely N-dealkylation sites (N-methyl/N-ethyl adjacent to an activating group) is 1. The molecule has 1 aliphatic carbocycles. The van der Waals surface area contributed by atoms with Gasteiger partial charge in [-0.3, -0.25) is 9.59 Å². The molecule has 1 fully saturated rings. The van der Waals surface area contributed by atoms with Gasteiger partial charge in [-0.2, -0.15) is 0 Å². The smallest absolute Gasteiger partial charge is 0.241 e. The summed E-state index contributed by atoms with van der Waals surface area (Å²) in [6.07, 6.45) is 1.31. The number of carbonyl (C=O) groups is 2. The summed E-state index contributed by atoms with van der Waals surface area (Å²) in [6, 6.07) is 0.